The Hall–Kier alpha value is -2.36. The third-order valence-electron chi connectivity index (χ3n) is 4.19. The quantitative estimate of drug-likeness (QED) is 0.812. The molecule has 0 spiro atoms. The Kier molecular flexibility index (Phi) is 4.56. The molecule has 2 aromatic rings. The van der Waals surface area contributed by atoms with Crippen molar-refractivity contribution < 1.29 is 9.23 Å². The van der Waals surface area contributed by atoms with E-state index in [0.717, 1.165) is 6.54 Å². The van der Waals surface area contributed by atoms with Crippen molar-refractivity contribution in [2.75, 3.05) is 6.54 Å². The molecule has 0 radical (unpaired) electrons. The fourth-order valence-electron chi connectivity index (χ4n) is 3.05. The second-order valence-electron chi connectivity index (χ2n) is 6.83. The van der Waals surface area contributed by atoms with E-state index < -0.39 is 5.72 Å². The average Bonchev–Trinajstić information content (AvgIpc) is 2.85. The molecule has 0 aromatic heterocycles. The highest BCUT2D eigenvalue weighted by Gasteiger charge is 2.43. The average molecular weight is 326 g/mol. The van der Waals surface area contributed by atoms with Crippen molar-refractivity contribution in [3.63, 3.8) is 0 Å². The summed E-state index contributed by atoms with van der Waals surface area (Å²) >= 11 is 0. The molecule has 3 nitrogen and oxygen atoms in total. The molecule has 24 heavy (non-hydrogen) atoms. The Labute approximate surface area is 142 Å². The van der Waals surface area contributed by atoms with Crippen molar-refractivity contribution >= 4 is 5.84 Å². The Morgan fingerprint density at radius 3 is 2.42 bits per heavy atom. The van der Waals surface area contributed by atoms with Crippen molar-refractivity contribution in [1.29, 1.82) is 0 Å². The summed E-state index contributed by atoms with van der Waals surface area (Å²) in [4.78, 5) is 7.91. The summed E-state index contributed by atoms with van der Waals surface area (Å²) in [5, 5.41) is 4.25. The van der Waals surface area contributed by atoms with Gasteiger partial charge < -0.3 is 9.74 Å². The van der Waals surface area contributed by atoms with Crippen molar-refractivity contribution in [1.82, 2.24) is 4.90 Å². The zero-order chi connectivity index (χ0) is 17.2. The van der Waals surface area contributed by atoms with Crippen LogP contribution in [0.5, 0.6) is 0 Å². The molecule has 1 atom stereocenters. The number of benzene rings is 2. The van der Waals surface area contributed by atoms with E-state index in [1.807, 2.05) is 31.2 Å². The van der Waals surface area contributed by atoms with Gasteiger partial charge in [-0.15, -0.1) is 0 Å². The van der Waals surface area contributed by atoms with E-state index in [1.165, 1.54) is 11.6 Å². The maximum Gasteiger partial charge on any atom is 0.212 e. The highest BCUT2D eigenvalue weighted by molar-refractivity contribution is 5.99. The summed E-state index contributed by atoms with van der Waals surface area (Å²) < 4.78 is 14.3. The minimum absolute atomic E-state index is 0.280. The Balaban J connectivity index is 1.93. The largest absolute Gasteiger partial charge is 0.365 e. The van der Waals surface area contributed by atoms with Gasteiger partial charge in [-0.2, -0.15) is 0 Å². The van der Waals surface area contributed by atoms with E-state index in [1.54, 1.807) is 12.1 Å². The number of amidine groups is 1. The number of hydrogen-bond acceptors (Lipinski definition) is 3. The summed E-state index contributed by atoms with van der Waals surface area (Å²) in [7, 11) is 0. The Morgan fingerprint density at radius 1 is 1.08 bits per heavy atom. The van der Waals surface area contributed by atoms with Crippen LogP contribution in [0.4, 0.5) is 4.39 Å². The van der Waals surface area contributed by atoms with Crippen LogP contribution in [0.3, 0.4) is 0 Å². The minimum atomic E-state index is -0.622. The van der Waals surface area contributed by atoms with Crippen LogP contribution in [0, 0.1) is 11.7 Å². The van der Waals surface area contributed by atoms with Gasteiger partial charge in [0.1, 0.15) is 5.82 Å². The molecule has 0 N–H and O–H groups in total. The van der Waals surface area contributed by atoms with Gasteiger partial charge in [0, 0.05) is 13.0 Å². The SMILES string of the molecule is CC(C)CN1C(c2ccccc2F)=NOC1(C)Cc1ccccc1. The van der Waals surface area contributed by atoms with Gasteiger partial charge in [0.2, 0.25) is 5.72 Å². The summed E-state index contributed by atoms with van der Waals surface area (Å²) in [5.41, 5.74) is 1.03. The van der Waals surface area contributed by atoms with E-state index in [0.29, 0.717) is 23.7 Å². The molecule has 4 heteroatoms. The zero-order valence-corrected chi connectivity index (χ0v) is 14.4. The standard InChI is InChI=1S/C20H23FN2O/c1-15(2)14-23-19(17-11-7-8-12-18(17)21)22-24-20(23,3)13-16-9-5-4-6-10-16/h4-12,15H,13-14H2,1-3H3. The molecule has 0 bridgehead atoms. The fourth-order valence-corrected chi connectivity index (χ4v) is 3.05. The Morgan fingerprint density at radius 2 is 1.75 bits per heavy atom. The molecule has 1 aliphatic rings. The summed E-state index contributed by atoms with van der Waals surface area (Å²) in [5.74, 6) is 0.691. The third kappa shape index (κ3) is 3.28. The van der Waals surface area contributed by atoms with Crippen molar-refractivity contribution in [3.05, 3.63) is 71.5 Å². The lowest BCUT2D eigenvalue weighted by Gasteiger charge is -2.35. The lowest BCUT2D eigenvalue weighted by atomic mass is 10.00. The van der Waals surface area contributed by atoms with Crippen LogP contribution in [0.15, 0.2) is 59.8 Å². The number of hydrogen-bond donors (Lipinski definition) is 0. The lowest BCUT2D eigenvalue weighted by molar-refractivity contribution is -0.0859. The number of rotatable bonds is 5. The van der Waals surface area contributed by atoms with Gasteiger partial charge in [-0.05, 0) is 30.5 Å². The second-order valence-corrected chi connectivity index (χ2v) is 6.83. The van der Waals surface area contributed by atoms with Crippen LogP contribution in [-0.2, 0) is 11.3 Å². The van der Waals surface area contributed by atoms with Crippen LogP contribution >= 0.6 is 0 Å². The molecule has 3 rings (SSSR count). The predicted octanol–water partition coefficient (Wildman–Crippen LogP) is 4.43. The molecule has 1 heterocycles. The zero-order valence-electron chi connectivity index (χ0n) is 14.4. The Bertz CT molecular complexity index is 729. The highest BCUT2D eigenvalue weighted by atomic mass is 19.1. The molecule has 1 unspecified atom stereocenters. The van der Waals surface area contributed by atoms with Gasteiger partial charge in [-0.3, -0.25) is 0 Å². The smallest absolute Gasteiger partial charge is 0.212 e. The van der Waals surface area contributed by atoms with Crippen LogP contribution in [-0.4, -0.2) is 23.0 Å². The first-order valence-electron chi connectivity index (χ1n) is 8.32. The second kappa shape index (κ2) is 6.63. The van der Waals surface area contributed by atoms with Crippen LogP contribution in [0.1, 0.15) is 31.9 Å². The molecular weight excluding hydrogens is 303 g/mol. The number of halogens is 1. The summed E-state index contributed by atoms with van der Waals surface area (Å²) in [6, 6.07) is 16.9. The van der Waals surface area contributed by atoms with Gasteiger partial charge in [0.15, 0.2) is 5.84 Å². The first kappa shape index (κ1) is 16.5. The van der Waals surface area contributed by atoms with E-state index >= 15 is 0 Å². The van der Waals surface area contributed by atoms with Gasteiger partial charge in [0.25, 0.3) is 0 Å². The van der Waals surface area contributed by atoms with Gasteiger partial charge in [-0.25, -0.2) is 4.39 Å². The molecule has 1 aliphatic heterocycles. The van der Waals surface area contributed by atoms with Crippen LogP contribution in [0.2, 0.25) is 0 Å². The maximum absolute atomic E-state index is 14.3. The first-order valence-corrected chi connectivity index (χ1v) is 8.32. The van der Waals surface area contributed by atoms with Gasteiger partial charge in [-0.1, -0.05) is 61.5 Å². The molecule has 0 fully saturated rings. The van der Waals surface area contributed by atoms with Crippen molar-refractivity contribution in [2.45, 2.75) is 32.9 Å². The molecule has 0 amide bonds. The van der Waals surface area contributed by atoms with Crippen molar-refractivity contribution in [3.8, 4) is 0 Å². The monoisotopic (exact) mass is 326 g/mol. The summed E-state index contributed by atoms with van der Waals surface area (Å²) in [6.45, 7) is 7.04. The molecule has 0 aliphatic carbocycles. The van der Waals surface area contributed by atoms with Crippen LogP contribution in [0.25, 0.3) is 0 Å². The number of nitrogens with zero attached hydrogens (tertiary/aromatic N) is 2. The highest BCUT2D eigenvalue weighted by Crippen LogP contribution is 2.32. The normalized spacial score (nSPS) is 20.2. The lowest BCUT2D eigenvalue weighted by Crippen LogP contribution is -2.49. The topological polar surface area (TPSA) is 24.8 Å². The molecule has 0 saturated carbocycles. The maximum atomic E-state index is 14.3. The van der Waals surface area contributed by atoms with Crippen molar-refractivity contribution in [2.24, 2.45) is 11.1 Å². The molecule has 126 valence electrons. The van der Waals surface area contributed by atoms with Gasteiger partial charge >= 0.3 is 0 Å². The first-order chi connectivity index (χ1) is 11.5. The molecule has 2 aromatic carbocycles. The number of oxime groups is 1. The molecule has 0 saturated heterocycles. The van der Waals surface area contributed by atoms with E-state index in [2.05, 4.69) is 36.0 Å². The van der Waals surface area contributed by atoms with E-state index in [4.69, 9.17) is 4.84 Å². The van der Waals surface area contributed by atoms with Gasteiger partial charge in [0.05, 0.1) is 5.56 Å². The van der Waals surface area contributed by atoms with E-state index in [-0.39, 0.29) is 5.82 Å². The fraction of sp³-hybridized carbons (Fsp3) is 0.350. The van der Waals surface area contributed by atoms with E-state index in [9.17, 15) is 4.39 Å². The molecular formula is C20H23FN2O. The third-order valence-corrected chi connectivity index (χ3v) is 4.19. The van der Waals surface area contributed by atoms with Crippen LogP contribution < -0.4 is 0 Å². The summed E-state index contributed by atoms with van der Waals surface area (Å²) in [6.07, 6.45) is 0.683. The minimum Gasteiger partial charge on any atom is -0.365 e. The predicted molar refractivity (Wildman–Crippen MR) is 94.1 cm³/mol.